The minimum atomic E-state index is -0.534. The number of nitrogens with zero attached hydrogens (tertiary/aromatic N) is 2. The number of rotatable bonds is 3. The van der Waals surface area contributed by atoms with Crippen LogP contribution >= 0.6 is 27.5 Å². The van der Waals surface area contributed by atoms with E-state index in [2.05, 4.69) is 20.9 Å². The maximum atomic E-state index is 10.6. The molecule has 1 rings (SSSR count). The third-order valence-electron chi connectivity index (χ3n) is 1.76. The van der Waals surface area contributed by atoms with Crippen LogP contribution in [-0.2, 0) is 0 Å². The first-order chi connectivity index (χ1) is 6.56. The minimum Gasteiger partial charge on any atom is -0.258 e. The Kier molecular flexibility index (Phi) is 3.83. The number of nitro groups is 1. The summed E-state index contributed by atoms with van der Waals surface area (Å²) < 4.78 is 0. The molecule has 1 aromatic rings. The zero-order chi connectivity index (χ0) is 10.7. The molecule has 14 heavy (non-hydrogen) atoms. The maximum absolute atomic E-state index is 10.6. The van der Waals surface area contributed by atoms with Gasteiger partial charge in [-0.3, -0.25) is 10.1 Å². The van der Waals surface area contributed by atoms with Gasteiger partial charge in [0.05, 0.1) is 4.92 Å². The van der Waals surface area contributed by atoms with Crippen molar-refractivity contribution in [1.82, 2.24) is 4.98 Å². The van der Waals surface area contributed by atoms with Gasteiger partial charge in [0.2, 0.25) is 5.15 Å². The standard InChI is InChI=1S/C8H8BrClN2O2/c1-2-6(9)5-3-7(12(13)14)8(10)11-4-5/h3-4,6H,2H2,1H3. The SMILES string of the molecule is CCC(Br)c1cnc(Cl)c([N+](=O)[O-])c1. The molecule has 6 heteroatoms. The summed E-state index contributed by atoms with van der Waals surface area (Å²) in [5.74, 6) is 0. The van der Waals surface area contributed by atoms with E-state index in [9.17, 15) is 10.1 Å². The predicted octanol–water partition coefficient (Wildman–Crippen LogP) is 3.49. The van der Waals surface area contributed by atoms with Crippen molar-refractivity contribution in [3.05, 3.63) is 33.1 Å². The maximum Gasteiger partial charge on any atom is 0.306 e. The number of pyridine rings is 1. The van der Waals surface area contributed by atoms with Crippen molar-refractivity contribution in [2.75, 3.05) is 0 Å². The molecule has 1 heterocycles. The Labute approximate surface area is 94.6 Å². The molecular weight excluding hydrogens is 271 g/mol. The van der Waals surface area contributed by atoms with Gasteiger partial charge in [0.1, 0.15) is 0 Å². The lowest BCUT2D eigenvalue weighted by Gasteiger charge is -2.05. The fraction of sp³-hybridized carbons (Fsp3) is 0.375. The molecular formula is C8H8BrClN2O2. The second kappa shape index (κ2) is 4.70. The molecule has 4 nitrogen and oxygen atoms in total. The summed E-state index contributed by atoms with van der Waals surface area (Å²) in [7, 11) is 0. The molecule has 0 fully saturated rings. The Balaban J connectivity index is 3.12. The van der Waals surface area contributed by atoms with Gasteiger partial charge in [-0.1, -0.05) is 34.5 Å². The highest BCUT2D eigenvalue weighted by molar-refractivity contribution is 9.09. The number of hydrogen-bond acceptors (Lipinski definition) is 3. The molecule has 0 saturated heterocycles. The molecule has 0 aromatic carbocycles. The predicted molar refractivity (Wildman–Crippen MR) is 57.9 cm³/mol. The normalized spacial score (nSPS) is 12.5. The second-order valence-electron chi connectivity index (χ2n) is 2.71. The van der Waals surface area contributed by atoms with Crippen LogP contribution in [0.2, 0.25) is 5.15 Å². The van der Waals surface area contributed by atoms with Gasteiger partial charge < -0.3 is 0 Å². The first-order valence-electron chi connectivity index (χ1n) is 4.00. The summed E-state index contributed by atoms with van der Waals surface area (Å²) in [4.78, 5) is 13.9. The van der Waals surface area contributed by atoms with Crippen molar-refractivity contribution in [3.8, 4) is 0 Å². The van der Waals surface area contributed by atoms with Crippen LogP contribution in [0, 0.1) is 10.1 Å². The molecule has 0 aliphatic heterocycles. The van der Waals surface area contributed by atoms with Crippen molar-refractivity contribution in [2.24, 2.45) is 0 Å². The highest BCUT2D eigenvalue weighted by Crippen LogP contribution is 2.30. The van der Waals surface area contributed by atoms with Crippen LogP contribution in [0.5, 0.6) is 0 Å². The zero-order valence-electron chi connectivity index (χ0n) is 7.41. The van der Waals surface area contributed by atoms with E-state index in [1.54, 1.807) is 0 Å². The van der Waals surface area contributed by atoms with Gasteiger partial charge in [-0.25, -0.2) is 4.98 Å². The monoisotopic (exact) mass is 278 g/mol. The zero-order valence-corrected chi connectivity index (χ0v) is 9.75. The molecule has 0 N–H and O–H groups in total. The van der Waals surface area contributed by atoms with E-state index in [0.29, 0.717) is 0 Å². The van der Waals surface area contributed by atoms with Crippen LogP contribution in [0.3, 0.4) is 0 Å². The van der Waals surface area contributed by atoms with Crippen LogP contribution in [0.25, 0.3) is 0 Å². The lowest BCUT2D eigenvalue weighted by molar-refractivity contribution is -0.385. The van der Waals surface area contributed by atoms with E-state index in [1.165, 1.54) is 12.3 Å². The average Bonchev–Trinajstić information content (AvgIpc) is 2.17. The van der Waals surface area contributed by atoms with Crippen LogP contribution in [0.1, 0.15) is 23.7 Å². The summed E-state index contributed by atoms with van der Waals surface area (Å²) in [5.41, 5.74) is 0.616. The highest BCUT2D eigenvalue weighted by atomic mass is 79.9. The van der Waals surface area contributed by atoms with E-state index < -0.39 is 4.92 Å². The average molecular weight is 280 g/mol. The van der Waals surface area contributed by atoms with Crippen LogP contribution in [0.15, 0.2) is 12.3 Å². The van der Waals surface area contributed by atoms with Crippen LogP contribution in [0.4, 0.5) is 5.69 Å². The fourth-order valence-corrected chi connectivity index (χ4v) is 1.41. The third-order valence-corrected chi connectivity index (χ3v) is 3.23. The van der Waals surface area contributed by atoms with Crippen molar-refractivity contribution in [2.45, 2.75) is 18.2 Å². The molecule has 0 bridgehead atoms. The quantitative estimate of drug-likeness (QED) is 0.368. The molecule has 0 saturated carbocycles. The first kappa shape index (κ1) is 11.4. The van der Waals surface area contributed by atoms with Crippen LogP contribution in [-0.4, -0.2) is 9.91 Å². The Hall–Kier alpha value is -0.680. The largest absolute Gasteiger partial charge is 0.306 e. The Morgan fingerprint density at radius 2 is 2.43 bits per heavy atom. The summed E-state index contributed by atoms with van der Waals surface area (Å²) in [6.45, 7) is 1.97. The Morgan fingerprint density at radius 3 is 2.93 bits per heavy atom. The van der Waals surface area contributed by atoms with Crippen LogP contribution < -0.4 is 0 Å². The summed E-state index contributed by atoms with van der Waals surface area (Å²) in [6.07, 6.45) is 2.37. The summed E-state index contributed by atoms with van der Waals surface area (Å²) in [5, 5.41) is 10.5. The topological polar surface area (TPSA) is 56.0 Å². The van der Waals surface area contributed by atoms with E-state index >= 15 is 0 Å². The molecule has 1 atom stereocenters. The Morgan fingerprint density at radius 1 is 1.79 bits per heavy atom. The molecule has 0 amide bonds. The summed E-state index contributed by atoms with van der Waals surface area (Å²) in [6, 6.07) is 1.44. The summed E-state index contributed by atoms with van der Waals surface area (Å²) >= 11 is 8.96. The lowest BCUT2D eigenvalue weighted by Crippen LogP contribution is -1.95. The minimum absolute atomic E-state index is 0.0745. The smallest absolute Gasteiger partial charge is 0.258 e. The van der Waals surface area contributed by atoms with Gasteiger partial charge in [-0.2, -0.15) is 0 Å². The van der Waals surface area contributed by atoms with Gasteiger partial charge in [-0.15, -0.1) is 0 Å². The van der Waals surface area contributed by atoms with Crippen molar-refractivity contribution in [1.29, 1.82) is 0 Å². The van der Waals surface area contributed by atoms with E-state index in [4.69, 9.17) is 11.6 Å². The van der Waals surface area contributed by atoms with E-state index in [-0.39, 0.29) is 15.7 Å². The molecule has 1 aromatic heterocycles. The molecule has 1 unspecified atom stereocenters. The molecule has 76 valence electrons. The lowest BCUT2D eigenvalue weighted by atomic mass is 10.1. The number of aromatic nitrogens is 1. The Bertz CT molecular complexity index is 359. The fourth-order valence-electron chi connectivity index (χ4n) is 0.987. The second-order valence-corrected chi connectivity index (χ2v) is 4.17. The third kappa shape index (κ3) is 2.42. The molecule has 0 spiro atoms. The van der Waals surface area contributed by atoms with Gasteiger partial charge >= 0.3 is 5.69 Å². The van der Waals surface area contributed by atoms with Gasteiger partial charge in [0.15, 0.2) is 0 Å². The van der Waals surface area contributed by atoms with E-state index in [1.807, 2.05) is 6.92 Å². The molecule has 0 aliphatic rings. The van der Waals surface area contributed by atoms with E-state index in [0.717, 1.165) is 12.0 Å². The first-order valence-corrected chi connectivity index (χ1v) is 5.29. The van der Waals surface area contributed by atoms with Gasteiger partial charge in [-0.05, 0) is 12.0 Å². The molecule has 0 aliphatic carbocycles. The number of alkyl halides is 1. The number of halogens is 2. The number of hydrogen-bond donors (Lipinski definition) is 0. The van der Waals surface area contributed by atoms with Crippen molar-refractivity contribution in [3.63, 3.8) is 0 Å². The van der Waals surface area contributed by atoms with Crippen molar-refractivity contribution < 1.29 is 4.92 Å². The van der Waals surface area contributed by atoms with Gasteiger partial charge in [0.25, 0.3) is 0 Å². The van der Waals surface area contributed by atoms with Gasteiger partial charge in [0, 0.05) is 17.1 Å². The van der Waals surface area contributed by atoms with Crippen molar-refractivity contribution >= 4 is 33.2 Å². The highest BCUT2D eigenvalue weighted by Gasteiger charge is 2.16. The molecule has 0 radical (unpaired) electrons.